The Labute approximate surface area is 178 Å². The standard InChI is InChI=1S/C24H20FN3O3/c1-15-6-2-3-7-18(15)24(31)28-20-9-5-4-8-19(20)27-23(30)21(28)14-22(29)26-17-12-10-16(25)11-13-17/h2-13,21H,14H2,1H3,(H,26,29)(H,27,30)/t21-/m0/s1. The van der Waals surface area contributed by atoms with Gasteiger partial charge < -0.3 is 10.6 Å². The van der Waals surface area contributed by atoms with Crippen LogP contribution in [0.3, 0.4) is 0 Å². The molecule has 7 heteroatoms. The molecule has 3 aromatic carbocycles. The fourth-order valence-electron chi connectivity index (χ4n) is 3.59. The first-order chi connectivity index (χ1) is 14.9. The lowest BCUT2D eigenvalue weighted by Crippen LogP contribution is -2.52. The molecule has 0 aliphatic carbocycles. The van der Waals surface area contributed by atoms with Gasteiger partial charge in [-0.05, 0) is 55.0 Å². The summed E-state index contributed by atoms with van der Waals surface area (Å²) < 4.78 is 13.1. The summed E-state index contributed by atoms with van der Waals surface area (Å²) in [5.41, 5.74) is 2.65. The summed E-state index contributed by atoms with van der Waals surface area (Å²) in [5, 5.41) is 5.42. The molecule has 1 heterocycles. The molecule has 0 saturated carbocycles. The van der Waals surface area contributed by atoms with Crippen molar-refractivity contribution in [2.24, 2.45) is 0 Å². The molecule has 0 bridgehead atoms. The molecule has 2 N–H and O–H groups in total. The first-order valence-electron chi connectivity index (χ1n) is 9.78. The Kier molecular flexibility index (Phi) is 5.49. The van der Waals surface area contributed by atoms with Gasteiger partial charge in [0.2, 0.25) is 11.8 Å². The Balaban J connectivity index is 1.66. The number of amides is 3. The number of nitrogens with one attached hydrogen (secondary N) is 2. The minimum absolute atomic E-state index is 0.255. The molecule has 156 valence electrons. The first-order valence-corrected chi connectivity index (χ1v) is 9.78. The highest BCUT2D eigenvalue weighted by molar-refractivity contribution is 6.18. The topological polar surface area (TPSA) is 78.5 Å². The van der Waals surface area contributed by atoms with Crippen LogP contribution in [0, 0.1) is 12.7 Å². The minimum Gasteiger partial charge on any atom is -0.326 e. The molecule has 4 rings (SSSR count). The summed E-state index contributed by atoms with van der Waals surface area (Å²) in [7, 11) is 0. The van der Waals surface area contributed by atoms with Gasteiger partial charge in [0.25, 0.3) is 5.91 Å². The molecular weight excluding hydrogens is 397 g/mol. The van der Waals surface area contributed by atoms with E-state index in [-0.39, 0.29) is 12.3 Å². The quantitative estimate of drug-likeness (QED) is 0.670. The summed E-state index contributed by atoms with van der Waals surface area (Å²) in [6, 6.07) is 18.4. The van der Waals surface area contributed by atoms with Crippen molar-refractivity contribution in [2.45, 2.75) is 19.4 Å². The van der Waals surface area contributed by atoms with E-state index in [1.807, 2.05) is 19.1 Å². The van der Waals surface area contributed by atoms with Crippen molar-refractivity contribution < 1.29 is 18.8 Å². The average Bonchev–Trinajstić information content (AvgIpc) is 2.76. The van der Waals surface area contributed by atoms with Gasteiger partial charge in [-0.2, -0.15) is 0 Å². The summed E-state index contributed by atoms with van der Waals surface area (Å²) in [4.78, 5) is 40.4. The highest BCUT2D eigenvalue weighted by atomic mass is 19.1. The number of anilines is 3. The van der Waals surface area contributed by atoms with Gasteiger partial charge in [0.15, 0.2) is 0 Å². The molecule has 3 aromatic rings. The molecular formula is C24H20FN3O3. The van der Waals surface area contributed by atoms with Gasteiger partial charge >= 0.3 is 0 Å². The Hall–Kier alpha value is -4.00. The largest absolute Gasteiger partial charge is 0.326 e. The van der Waals surface area contributed by atoms with Gasteiger partial charge in [0, 0.05) is 11.3 Å². The molecule has 6 nitrogen and oxygen atoms in total. The second-order valence-electron chi connectivity index (χ2n) is 7.27. The lowest BCUT2D eigenvalue weighted by molar-refractivity contribution is -0.122. The highest BCUT2D eigenvalue weighted by Crippen LogP contribution is 2.34. The predicted molar refractivity (Wildman–Crippen MR) is 116 cm³/mol. The van der Waals surface area contributed by atoms with Gasteiger partial charge in [-0.3, -0.25) is 19.3 Å². The second kappa shape index (κ2) is 8.39. The lowest BCUT2D eigenvalue weighted by atomic mass is 10.0. The van der Waals surface area contributed by atoms with E-state index in [0.717, 1.165) is 5.56 Å². The number of carbonyl (C=O) groups is 3. The smallest absolute Gasteiger partial charge is 0.259 e. The molecule has 0 radical (unpaired) electrons. The van der Waals surface area contributed by atoms with Crippen LogP contribution in [0.15, 0.2) is 72.8 Å². The van der Waals surface area contributed by atoms with Gasteiger partial charge in [-0.1, -0.05) is 30.3 Å². The Morgan fingerprint density at radius 3 is 2.42 bits per heavy atom. The molecule has 0 spiro atoms. The Bertz CT molecular complexity index is 1160. The van der Waals surface area contributed by atoms with Crippen LogP contribution in [0.5, 0.6) is 0 Å². The fraction of sp³-hybridized carbons (Fsp3) is 0.125. The van der Waals surface area contributed by atoms with E-state index < -0.39 is 23.7 Å². The van der Waals surface area contributed by atoms with Crippen molar-refractivity contribution >= 4 is 34.8 Å². The third kappa shape index (κ3) is 4.16. The zero-order chi connectivity index (χ0) is 22.0. The summed E-state index contributed by atoms with van der Waals surface area (Å²) in [6.45, 7) is 1.82. The van der Waals surface area contributed by atoms with Crippen LogP contribution < -0.4 is 15.5 Å². The van der Waals surface area contributed by atoms with Crippen molar-refractivity contribution in [3.05, 3.63) is 89.7 Å². The maximum Gasteiger partial charge on any atom is 0.259 e. The number of halogens is 1. The lowest BCUT2D eigenvalue weighted by Gasteiger charge is -2.36. The van der Waals surface area contributed by atoms with Crippen LogP contribution in [0.1, 0.15) is 22.3 Å². The molecule has 0 aromatic heterocycles. The molecule has 31 heavy (non-hydrogen) atoms. The monoisotopic (exact) mass is 417 g/mol. The normalized spacial score (nSPS) is 15.1. The van der Waals surface area contributed by atoms with E-state index in [1.54, 1.807) is 36.4 Å². The Morgan fingerprint density at radius 2 is 1.68 bits per heavy atom. The van der Waals surface area contributed by atoms with Gasteiger partial charge in [-0.25, -0.2) is 4.39 Å². The van der Waals surface area contributed by atoms with Crippen molar-refractivity contribution in [2.75, 3.05) is 15.5 Å². The molecule has 0 saturated heterocycles. The maximum absolute atomic E-state index is 13.5. The van der Waals surface area contributed by atoms with Crippen molar-refractivity contribution in [3.63, 3.8) is 0 Å². The summed E-state index contributed by atoms with van der Waals surface area (Å²) in [5.74, 6) is -1.69. The van der Waals surface area contributed by atoms with Crippen LogP contribution in [0.2, 0.25) is 0 Å². The third-order valence-corrected chi connectivity index (χ3v) is 5.14. The van der Waals surface area contributed by atoms with Gasteiger partial charge in [-0.15, -0.1) is 0 Å². The number of fused-ring (bicyclic) bond motifs is 1. The zero-order valence-corrected chi connectivity index (χ0v) is 16.8. The summed E-state index contributed by atoms with van der Waals surface area (Å²) >= 11 is 0. The summed E-state index contributed by atoms with van der Waals surface area (Å²) in [6.07, 6.45) is -0.255. The van der Waals surface area contributed by atoms with E-state index in [1.165, 1.54) is 29.2 Å². The number of carbonyl (C=O) groups excluding carboxylic acids is 3. The molecule has 1 aliphatic rings. The number of hydrogen-bond donors (Lipinski definition) is 2. The number of benzene rings is 3. The molecule has 0 unspecified atom stereocenters. The van der Waals surface area contributed by atoms with Gasteiger partial charge in [0.1, 0.15) is 11.9 Å². The van der Waals surface area contributed by atoms with Crippen LogP contribution in [0.4, 0.5) is 21.5 Å². The van der Waals surface area contributed by atoms with Crippen LogP contribution in [-0.2, 0) is 9.59 Å². The SMILES string of the molecule is Cc1ccccc1C(=O)N1c2ccccc2NC(=O)[C@@H]1CC(=O)Nc1ccc(F)cc1. The number of para-hydroxylation sites is 2. The number of nitrogens with zero attached hydrogens (tertiary/aromatic N) is 1. The number of rotatable bonds is 4. The number of aryl methyl sites for hydroxylation is 1. The second-order valence-corrected chi connectivity index (χ2v) is 7.27. The first kappa shape index (κ1) is 20.3. The van der Waals surface area contributed by atoms with Crippen LogP contribution in [0.25, 0.3) is 0 Å². The van der Waals surface area contributed by atoms with E-state index in [9.17, 15) is 18.8 Å². The van der Waals surface area contributed by atoms with E-state index in [4.69, 9.17) is 0 Å². The highest BCUT2D eigenvalue weighted by Gasteiger charge is 2.38. The third-order valence-electron chi connectivity index (χ3n) is 5.14. The van der Waals surface area contributed by atoms with Crippen LogP contribution >= 0.6 is 0 Å². The minimum atomic E-state index is -1.04. The van der Waals surface area contributed by atoms with Crippen LogP contribution in [-0.4, -0.2) is 23.8 Å². The number of hydrogen-bond acceptors (Lipinski definition) is 3. The molecule has 3 amide bonds. The maximum atomic E-state index is 13.5. The van der Waals surface area contributed by atoms with E-state index in [0.29, 0.717) is 22.6 Å². The average molecular weight is 417 g/mol. The van der Waals surface area contributed by atoms with Crippen molar-refractivity contribution in [1.82, 2.24) is 0 Å². The molecule has 0 fully saturated rings. The van der Waals surface area contributed by atoms with Crippen molar-refractivity contribution in [1.29, 1.82) is 0 Å². The predicted octanol–water partition coefficient (Wildman–Crippen LogP) is 4.13. The Morgan fingerprint density at radius 1 is 1.00 bits per heavy atom. The van der Waals surface area contributed by atoms with Crippen molar-refractivity contribution in [3.8, 4) is 0 Å². The van der Waals surface area contributed by atoms with E-state index in [2.05, 4.69) is 10.6 Å². The molecule has 1 atom stereocenters. The zero-order valence-electron chi connectivity index (χ0n) is 16.8. The van der Waals surface area contributed by atoms with Gasteiger partial charge in [0.05, 0.1) is 17.8 Å². The van der Waals surface area contributed by atoms with E-state index >= 15 is 0 Å². The fourth-order valence-corrected chi connectivity index (χ4v) is 3.59. The molecule has 1 aliphatic heterocycles.